The van der Waals surface area contributed by atoms with Crippen molar-refractivity contribution < 1.29 is 14.6 Å². The summed E-state index contributed by atoms with van der Waals surface area (Å²) in [6, 6.07) is 15.3. The first kappa shape index (κ1) is 15.8. The van der Waals surface area contributed by atoms with Gasteiger partial charge in [0.1, 0.15) is 11.6 Å². The molecule has 5 nitrogen and oxygen atoms in total. The minimum atomic E-state index is -0.957. The van der Waals surface area contributed by atoms with Crippen LogP contribution in [0.1, 0.15) is 17.8 Å². The maximum Gasteiger partial charge on any atom is 0.328 e. The molecule has 0 atom stereocenters. The van der Waals surface area contributed by atoms with Crippen LogP contribution in [-0.2, 0) is 11.2 Å². The SMILES string of the molecule is O=C(O)/C=C/c1ccc(OCCCc2nc3ccccc3[nH]2)cc1. The molecule has 0 saturated carbocycles. The van der Waals surface area contributed by atoms with Crippen LogP contribution < -0.4 is 4.74 Å². The Morgan fingerprint density at radius 2 is 1.96 bits per heavy atom. The lowest BCUT2D eigenvalue weighted by Crippen LogP contribution is -2.00. The van der Waals surface area contributed by atoms with Gasteiger partial charge in [-0.3, -0.25) is 0 Å². The number of aromatic nitrogens is 2. The van der Waals surface area contributed by atoms with E-state index in [4.69, 9.17) is 9.84 Å². The third-order valence-corrected chi connectivity index (χ3v) is 3.56. The molecule has 0 fully saturated rings. The van der Waals surface area contributed by atoms with E-state index in [1.165, 1.54) is 0 Å². The molecule has 24 heavy (non-hydrogen) atoms. The quantitative estimate of drug-likeness (QED) is 0.514. The summed E-state index contributed by atoms with van der Waals surface area (Å²) in [6.07, 6.45) is 4.35. The van der Waals surface area contributed by atoms with Crippen LogP contribution in [-0.4, -0.2) is 27.7 Å². The van der Waals surface area contributed by atoms with E-state index in [1.54, 1.807) is 6.08 Å². The van der Waals surface area contributed by atoms with Crippen LogP contribution in [0.15, 0.2) is 54.6 Å². The van der Waals surface area contributed by atoms with Crippen molar-refractivity contribution in [2.75, 3.05) is 6.61 Å². The van der Waals surface area contributed by atoms with Crippen molar-refractivity contribution in [3.8, 4) is 5.75 Å². The van der Waals surface area contributed by atoms with E-state index in [1.807, 2.05) is 48.5 Å². The predicted molar refractivity (Wildman–Crippen MR) is 93.0 cm³/mol. The molecule has 1 heterocycles. The highest BCUT2D eigenvalue weighted by atomic mass is 16.5. The van der Waals surface area contributed by atoms with Crippen LogP contribution in [0.25, 0.3) is 17.1 Å². The Morgan fingerprint density at radius 1 is 1.17 bits per heavy atom. The molecule has 2 N–H and O–H groups in total. The third kappa shape index (κ3) is 4.23. The first-order valence-electron chi connectivity index (χ1n) is 7.78. The number of aryl methyl sites for hydroxylation is 1. The van der Waals surface area contributed by atoms with Crippen LogP contribution >= 0.6 is 0 Å². The highest BCUT2D eigenvalue weighted by molar-refractivity contribution is 5.85. The summed E-state index contributed by atoms with van der Waals surface area (Å²) in [7, 11) is 0. The maximum atomic E-state index is 10.5. The number of rotatable bonds is 7. The summed E-state index contributed by atoms with van der Waals surface area (Å²) in [5.41, 5.74) is 2.86. The number of carbonyl (C=O) groups is 1. The van der Waals surface area contributed by atoms with Crippen LogP contribution in [0, 0.1) is 0 Å². The average Bonchev–Trinajstić information content (AvgIpc) is 3.00. The summed E-state index contributed by atoms with van der Waals surface area (Å²) in [5.74, 6) is 0.780. The number of hydrogen-bond donors (Lipinski definition) is 2. The molecule has 0 saturated heterocycles. The molecule has 5 heteroatoms. The highest BCUT2D eigenvalue weighted by Gasteiger charge is 2.02. The normalized spacial score (nSPS) is 11.2. The lowest BCUT2D eigenvalue weighted by Gasteiger charge is -2.05. The minimum absolute atomic E-state index is 0.599. The van der Waals surface area contributed by atoms with Crippen molar-refractivity contribution in [3.63, 3.8) is 0 Å². The number of nitrogens with zero attached hydrogens (tertiary/aromatic N) is 1. The second kappa shape index (κ2) is 7.46. The molecule has 0 aliphatic carbocycles. The fraction of sp³-hybridized carbons (Fsp3) is 0.158. The van der Waals surface area contributed by atoms with Crippen molar-refractivity contribution in [1.29, 1.82) is 0 Å². The van der Waals surface area contributed by atoms with E-state index >= 15 is 0 Å². The number of aliphatic carboxylic acids is 1. The fourth-order valence-corrected chi connectivity index (χ4v) is 2.40. The Morgan fingerprint density at radius 3 is 2.71 bits per heavy atom. The van der Waals surface area contributed by atoms with E-state index in [-0.39, 0.29) is 0 Å². The van der Waals surface area contributed by atoms with Crippen molar-refractivity contribution in [1.82, 2.24) is 9.97 Å². The Hall–Kier alpha value is -3.08. The molecule has 0 amide bonds. The van der Waals surface area contributed by atoms with Gasteiger partial charge in [-0.1, -0.05) is 24.3 Å². The van der Waals surface area contributed by atoms with Gasteiger partial charge in [0.15, 0.2) is 0 Å². The first-order chi connectivity index (χ1) is 11.7. The molecule has 0 radical (unpaired) electrons. The molecule has 0 aliphatic heterocycles. The van der Waals surface area contributed by atoms with Gasteiger partial charge in [-0.15, -0.1) is 0 Å². The van der Waals surface area contributed by atoms with Gasteiger partial charge in [0.25, 0.3) is 0 Å². The van der Waals surface area contributed by atoms with Crippen LogP contribution in [0.5, 0.6) is 5.75 Å². The van der Waals surface area contributed by atoms with Crippen LogP contribution in [0.3, 0.4) is 0 Å². The van der Waals surface area contributed by atoms with Gasteiger partial charge in [-0.2, -0.15) is 0 Å². The van der Waals surface area contributed by atoms with Crippen molar-refractivity contribution in [2.45, 2.75) is 12.8 Å². The number of fused-ring (bicyclic) bond motifs is 1. The average molecular weight is 322 g/mol. The Kier molecular flexibility index (Phi) is 4.91. The zero-order chi connectivity index (χ0) is 16.8. The number of H-pyrrole nitrogens is 1. The van der Waals surface area contributed by atoms with Gasteiger partial charge >= 0.3 is 5.97 Å². The van der Waals surface area contributed by atoms with E-state index in [0.29, 0.717) is 6.61 Å². The van der Waals surface area contributed by atoms with Gasteiger partial charge in [-0.05, 0) is 42.3 Å². The number of imidazole rings is 1. The maximum absolute atomic E-state index is 10.5. The summed E-state index contributed by atoms with van der Waals surface area (Å²) < 4.78 is 5.70. The number of benzene rings is 2. The number of nitrogens with one attached hydrogen (secondary N) is 1. The van der Waals surface area contributed by atoms with Gasteiger partial charge < -0.3 is 14.8 Å². The number of aromatic amines is 1. The van der Waals surface area contributed by atoms with E-state index < -0.39 is 5.97 Å². The molecule has 0 aliphatic rings. The topological polar surface area (TPSA) is 75.2 Å². The van der Waals surface area contributed by atoms with E-state index in [0.717, 1.165) is 47.1 Å². The molecule has 0 spiro atoms. The first-order valence-corrected chi connectivity index (χ1v) is 7.78. The van der Waals surface area contributed by atoms with E-state index in [2.05, 4.69) is 9.97 Å². The number of carboxylic acids is 1. The Balaban J connectivity index is 1.47. The molecule has 2 aromatic carbocycles. The highest BCUT2D eigenvalue weighted by Crippen LogP contribution is 2.14. The van der Waals surface area contributed by atoms with Crippen LogP contribution in [0.2, 0.25) is 0 Å². The summed E-state index contributed by atoms with van der Waals surface area (Å²) in [6.45, 7) is 0.599. The van der Waals surface area contributed by atoms with E-state index in [9.17, 15) is 4.79 Å². The smallest absolute Gasteiger partial charge is 0.328 e. The summed E-state index contributed by atoms with van der Waals surface area (Å²) in [5, 5.41) is 8.59. The molecule has 0 bridgehead atoms. The second-order valence-electron chi connectivity index (χ2n) is 5.39. The number of ether oxygens (including phenoxy) is 1. The lowest BCUT2D eigenvalue weighted by molar-refractivity contribution is -0.131. The summed E-state index contributed by atoms with van der Waals surface area (Å²) >= 11 is 0. The van der Waals surface area contributed by atoms with Crippen molar-refractivity contribution in [2.24, 2.45) is 0 Å². The largest absolute Gasteiger partial charge is 0.494 e. The minimum Gasteiger partial charge on any atom is -0.494 e. The lowest BCUT2D eigenvalue weighted by atomic mass is 10.2. The van der Waals surface area contributed by atoms with Gasteiger partial charge in [0.2, 0.25) is 0 Å². The third-order valence-electron chi connectivity index (χ3n) is 3.56. The molecule has 1 aromatic heterocycles. The zero-order valence-corrected chi connectivity index (χ0v) is 13.1. The van der Waals surface area contributed by atoms with Crippen molar-refractivity contribution >= 4 is 23.1 Å². The van der Waals surface area contributed by atoms with Crippen LogP contribution in [0.4, 0.5) is 0 Å². The van der Waals surface area contributed by atoms with Crippen molar-refractivity contribution in [3.05, 3.63) is 66.0 Å². The predicted octanol–water partition coefficient (Wildman–Crippen LogP) is 3.67. The van der Waals surface area contributed by atoms with Gasteiger partial charge in [-0.25, -0.2) is 9.78 Å². The van der Waals surface area contributed by atoms with Gasteiger partial charge in [0, 0.05) is 12.5 Å². The molecule has 3 aromatic rings. The molecule has 0 unspecified atom stereocenters. The molecular weight excluding hydrogens is 304 g/mol. The summed E-state index contributed by atoms with van der Waals surface area (Å²) in [4.78, 5) is 18.3. The molecule has 122 valence electrons. The fourth-order valence-electron chi connectivity index (χ4n) is 2.40. The standard InChI is InChI=1S/C19H18N2O3/c22-19(23)12-9-14-7-10-15(11-8-14)24-13-3-6-18-20-16-4-1-2-5-17(16)21-18/h1-2,4-5,7-12H,3,6,13H2,(H,20,21)(H,22,23)/b12-9+. The second-order valence-corrected chi connectivity index (χ2v) is 5.39. The number of para-hydroxylation sites is 2. The van der Waals surface area contributed by atoms with Gasteiger partial charge in [0.05, 0.1) is 17.6 Å². The number of hydrogen-bond acceptors (Lipinski definition) is 3. The zero-order valence-electron chi connectivity index (χ0n) is 13.1. The molecular formula is C19H18N2O3. The monoisotopic (exact) mass is 322 g/mol. The molecule has 3 rings (SSSR count). The Labute approximate surface area is 139 Å². The number of carboxylic acid groups (broad SMARTS) is 1. The Bertz CT molecular complexity index is 817.